The molecular weight excluding hydrogens is 529 g/mol. The molecule has 2 aromatic heterocycles. The number of hydrogen-bond acceptors (Lipinski definition) is 4. The number of aryl methyl sites for hydroxylation is 1. The van der Waals surface area contributed by atoms with Crippen LogP contribution in [0.2, 0.25) is 0 Å². The number of fused-ring (bicyclic) bond motifs is 3. The number of carbonyl (C=O) groups is 1. The van der Waals surface area contributed by atoms with E-state index in [1.165, 1.54) is 10.6 Å². The van der Waals surface area contributed by atoms with Crippen LogP contribution in [0.1, 0.15) is 24.5 Å². The van der Waals surface area contributed by atoms with Crippen LogP contribution < -0.4 is 16.6 Å². The molecule has 2 aromatic carbocycles. The molecule has 0 saturated carbocycles. The molecule has 3 N–H and O–H groups in total. The smallest absolute Gasteiger partial charge is 0.399 e. The van der Waals surface area contributed by atoms with Crippen molar-refractivity contribution in [3.8, 4) is 5.69 Å². The van der Waals surface area contributed by atoms with Gasteiger partial charge in [0.15, 0.2) is 0 Å². The second kappa shape index (κ2) is 10.6. The molecule has 1 aliphatic rings. The van der Waals surface area contributed by atoms with E-state index in [1.807, 2.05) is 13.8 Å². The molecule has 0 spiro atoms. The SMILES string of the molecule is C=CC(=O)Nc1cc(-n2c(=O)ccc3cnc4ccc(C5=CC(C)CC=C(N)C=C5C(F)(F)F)cc4c32)ccc1C. The van der Waals surface area contributed by atoms with Crippen LogP contribution in [0.4, 0.5) is 18.9 Å². The lowest BCUT2D eigenvalue weighted by Gasteiger charge is -2.21. The molecule has 1 atom stereocenters. The second-order valence-corrected chi connectivity index (χ2v) is 10.0. The Morgan fingerprint density at radius 3 is 2.68 bits per heavy atom. The van der Waals surface area contributed by atoms with Gasteiger partial charge < -0.3 is 11.1 Å². The van der Waals surface area contributed by atoms with Gasteiger partial charge in [-0.15, -0.1) is 0 Å². The molecule has 0 radical (unpaired) electrons. The van der Waals surface area contributed by atoms with Crippen molar-refractivity contribution in [1.82, 2.24) is 9.55 Å². The van der Waals surface area contributed by atoms with Gasteiger partial charge in [0, 0.05) is 34.4 Å². The molecule has 2 heterocycles. The Morgan fingerprint density at radius 2 is 1.95 bits per heavy atom. The topological polar surface area (TPSA) is 90.0 Å². The highest BCUT2D eigenvalue weighted by atomic mass is 19.4. The standard InChI is InChI=1S/C32H27F3N4O2/c1-4-29(40)38-28-16-23(10-6-19(28)3)39-30(41)12-8-21-17-37-27-11-7-20(14-25(27)31(21)39)24-13-18(2)5-9-22(36)15-26(24)32(33,34)35/h4,6-18H,1,5,36H2,2-3H3,(H,38,40). The third-order valence-electron chi connectivity index (χ3n) is 7.03. The molecule has 0 saturated heterocycles. The van der Waals surface area contributed by atoms with E-state index in [4.69, 9.17) is 5.73 Å². The monoisotopic (exact) mass is 556 g/mol. The summed E-state index contributed by atoms with van der Waals surface area (Å²) in [6.45, 7) is 7.13. The number of carbonyl (C=O) groups excluding carboxylic acids is 1. The molecule has 4 aromatic rings. The summed E-state index contributed by atoms with van der Waals surface area (Å²) in [7, 11) is 0. The van der Waals surface area contributed by atoms with E-state index in [-0.39, 0.29) is 22.7 Å². The Morgan fingerprint density at radius 1 is 1.17 bits per heavy atom. The highest BCUT2D eigenvalue weighted by Crippen LogP contribution is 2.40. The first-order valence-corrected chi connectivity index (χ1v) is 12.9. The molecular formula is C32H27F3N4O2. The average Bonchev–Trinajstić information content (AvgIpc) is 2.93. The summed E-state index contributed by atoms with van der Waals surface area (Å²) in [5.74, 6) is -0.605. The number of nitrogens with zero attached hydrogens (tertiary/aromatic N) is 2. The molecule has 0 bridgehead atoms. The van der Waals surface area contributed by atoms with Crippen LogP contribution in [0.15, 0.2) is 102 Å². The number of benzene rings is 2. The zero-order valence-electron chi connectivity index (χ0n) is 22.4. The molecule has 9 heteroatoms. The van der Waals surface area contributed by atoms with Crippen molar-refractivity contribution in [3.63, 3.8) is 0 Å². The van der Waals surface area contributed by atoms with Crippen LogP contribution in [0.5, 0.6) is 0 Å². The number of alkyl halides is 3. The second-order valence-electron chi connectivity index (χ2n) is 10.0. The Labute approximate surface area is 234 Å². The quantitative estimate of drug-likeness (QED) is 0.216. The van der Waals surface area contributed by atoms with Gasteiger partial charge in [-0.3, -0.25) is 19.1 Å². The van der Waals surface area contributed by atoms with Crippen LogP contribution in [0.3, 0.4) is 0 Å². The van der Waals surface area contributed by atoms with Crippen LogP contribution >= 0.6 is 0 Å². The van der Waals surface area contributed by atoms with Crippen molar-refractivity contribution < 1.29 is 18.0 Å². The van der Waals surface area contributed by atoms with E-state index in [1.54, 1.807) is 60.8 Å². The number of nitrogens with one attached hydrogen (secondary N) is 1. The van der Waals surface area contributed by atoms with Crippen molar-refractivity contribution in [2.24, 2.45) is 11.7 Å². The predicted molar refractivity (Wildman–Crippen MR) is 157 cm³/mol. The maximum atomic E-state index is 14.3. The summed E-state index contributed by atoms with van der Waals surface area (Å²) in [6, 6.07) is 13.1. The molecule has 0 fully saturated rings. The van der Waals surface area contributed by atoms with Gasteiger partial charge in [0.1, 0.15) is 0 Å². The van der Waals surface area contributed by atoms with Crippen LogP contribution in [-0.4, -0.2) is 21.6 Å². The lowest BCUT2D eigenvalue weighted by atomic mass is 9.89. The van der Waals surface area contributed by atoms with Crippen molar-refractivity contribution in [2.75, 3.05) is 5.32 Å². The summed E-state index contributed by atoms with van der Waals surface area (Å²) in [4.78, 5) is 29.8. The highest BCUT2D eigenvalue weighted by Gasteiger charge is 2.37. The van der Waals surface area contributed by atoms with Crippen molar-refractivity contribution >= 4 is 39.0 Å². The number of hydrogen-bond donors (Lipinski definition) is 2. The van der Waals surface area contributed by atoms with Gasteiger partial charge >= 0.3 is 6.18 Å². The summed E-state index contributed by atoms with van der Waals surface area (Å²) >= 11 is 0. The van der Waals surface area contributed by atoms with Gasteiger partial charge in [-0.25, -0.2) is 0 Å². The minimum atomic E-state index is -4.65. The van der Waals surface area contributed by atoms with E-state index < -0.39 is 17.7 Å². The zero-order chi connectivity index (χ0) is 29.5. The fourth-order valence-electron chi connectivity index (χ4n) is 4.96. The Hall–Kier alpha value is -4.92. The van der Waals surface area contributed by atoms with Crippen molar-refractivity contribution in [1.29, 1.82) is 0 Å². The van der Waals surface area contributed by atoms with Gasteiger partial charge in [0.2, 0.25) is 5.91 Å². The lowest BCUT2D eigenvalue weighted by molar-refractivity contribution is -0.111. The van der Waals surface area contributed by atoms with E-state index >= 15 is 0 Å². The molecule has 41 heavy (non-hydrogen) atoms. The van der Waals surface area contributed by atoms with Crippen LogP contribution in [-0.2, 0) is 4.79 Å². The van der Waals surface area contributed by atoms with E-state index in [0.717, 1.165) is 17.7 Å². The minimum Gasteiger partial charge on any atom is -0.399 e. The number of allylic oxidation sites excluding steroid dienone is 5. The van der Waals surface area contributed by atoms with Crippen LogP contribution in [0, 0.1) is 12.8 Å². The van der Waals surface area contributed by atoms with Gasteiger partial charge in [-0.05, 0) is 78.4 Å². The number of halogens is 3. The number of aromatic nitrogens is 2. The maximum absolute atomic E-state index is 14.3. The molecule has 6 nitrogen and oxygen atoms in total. The average molecular weight is 557 g/mol. The largest absolute Gasteiger partial charge is 0.417 e. The number of amides is 1. The predicted octanol–water partition coefficient (Wildman–Crippen LogP) is 6.73. The third kappa shape index (κ3) is 5.43. The molecule has 1 unspecified atom stereocenters. The van der Waals surface area contributed by atoms with E-state index in [9.17, 15) is 22.8 Å². The van der Waals surface area contributed by atoms with Gasteiger partial charge in [0.05, 0.1) is 22.3 Å². The number of rotatable bonds is 4. The summed E-state index contributed by atoms with van der Waals surface area (Å²) in [6.07, 6.45) is 2.76. The number of anilines is 1. The highest BCUT2D eigenvalue weighted by molar-refractivity contribution is 6.05. The zero-order valence-corrected chi connectivity index (χ0v) is 22.4. The minimum absolute atomic E-state index is 0.00883. The fourth-order valence-corrected chi connectivity index (χ4v) is 4.96. The lowest BCUT2D eigenvalue weighted by Crippen LogP contribution is -2.18. The van der Waals surface area contributed by atoms with Crippen molar-refractivity contribution in [2.45, 2.75) is 26.4 Å². The Balaban J connectivity index is 1.80. The molecule has 0 aliphatic heterocycles. The van der Waals surface area contributed by atoms with E-state index in [0.29, 0.717) is 45.2 Å². The first-order valence-electron chi connectivity index (χ1n) is 12.9. The molecule has 208 valence electrons. The molecule has 1 aliphatic carbocycles. The van der Waals surface area contributed by atoms with Gasteiger partial charge in [0.25, 0.3) is 5.56 Å². The van der Waals surface area contributed by atoms with Crippen LogP contribution in [0.25, 0.3) is 33.1 Å². The maximum Gasteiger partial charge on any atom is 0.417 e. The third-order valence-corrected chi connectivity index (χ3v) is 7.03. The van der Waals surface area contributed by atoms with E-state index in [2.05, 4.69) is 16.9 Å². The normalized spacial score (nSPS) is 15.9. The molecule has 5 rings (SSSR count). The summed E-state index contributed by atoms with van der Waals surface area (Å²) in [5, 5.41) is 3.86. The Bertz CT molecular complexity index is 1880. The first kappa shape index (κ1) is 27.6. The fraction of sp³-hybridized carbons (Fsp3) is 0.156. The number of pyridine rings is 2. The molecule has 1 amide bonds. The van der Waals surface area contributed by atoms with Crippen molar-refractivity contribution in [3.05, 3.63) is 118 Å². The van der Waals surface area contributed by atoms with Gasteiger partial charge in [-0.2, -0.15) is 13.2 Å². The summed E-state index contributed by atoms with van der Waals surface area (Å²) < 4.78 is 44.4. The number of nitrogens with two attached hydrogens (primary N) is 1. The Kier molecular flexibility index (Phi) is 7.13. The summed E-state index contributed by atoms with van der Waals surface area (Å²) in [5.41, 5.74) is 7.80. The first-order chi connectivity index (χ1) is 19.5. The van der Waals surface area contributed by atoms with Gasteiger partial charge in [-0.1, -0.05) is 37.8 Å².